The average Bonchev–Trinajstić information content (AvgIpc) is 2.38. The minimum atomic E-state index is -0.292. The van der Waals surface area contributed by atoms with Gasteiger partial charge in [0.1, 0.15) is 5.56 Å². The summed E-state index contributed by atoms with van der Waals surface area (Å²) in [4.78, 5) is 27.1. The Bertz CT molecular complexity index is 539. The summed E-state index contributed by atoms with van der Waals surface area (Å²) in [5.74, 6) is -0.277. The van der Waals surface area contributed by atoms with Gasteiger partial charge < -0.3 is 10.3 Å². The normalized spacial score (nSPS) is 11.5. The molecule has 0 atom stereocenters. The van der Waals surface area contributed by atoms with Crippen LogP contribution in [0, 0.1) is 5.41 Å². The second-order valence-corrected chi connectivity index (χ2v) is 6.69. The number of amides is 1. The number of aryl methyl sites for hydroxylation is 2. The van der Waals surface area contributed by atoms with Crippen molar-refractivity contribution in [3.8, 4) is 0 Å². The Morgan fingerprint density at radius 2 is 1.95 bits per heavy atom. The number of nitrogens with one attached hydrogen (secondary N) is 2. The first-order valence-corrected chi connectivity index (χ1v) is 7.81. The SMILES string of the molecule is CCCc1cc(C(=O)NCCC(C)(C)C)c(=O)[nH]c1CC. The third kappa shape index (κ3) is 5.37. The fourth-order valence-corrected chi connectivity index (χ4v) is 2.23. The van der Waals surface area contributed by atoms with E-state index >= 15 is 0 Å². The molecule has 0 saturated heterocycles. The van der Waals surface area contributed by atoms with Gasteiger partial charge >= 0.3 is 0 Å². The lowest BCUT2D eigenvalue weighted by Crippen LogP contribution is -2.32. The molecule has 0 fully saturated rings. The van der Waals surface area contributed by atoms with Crippen molar-refractivity contribution in [1.29, 1.82) is 0 Å². The molecule has 4 heteroatoms. The molecule has 0 aliphatic rings. The number of rotatable bonds is 6. The zero-order valence-electron chi connectivity index (χ0n) is 13.9. The van der Waals surface area contributed by atoms with Crippen LogP contribution in [0.5, 0.6) is 0 Å². The predicted octanol–water partition coefficient (Wildman–Crippen LogP) is 3.06. The van der Waals surface area contributed by atoms with Crippen LogP contribution in [0.1, 0.15) is 69.1 Å². The molecule has 0 bridgehead atoms. The monoisotopic (exact) mass is 292 g/mol. The maximum Gasteiger partial charge on any atom is 0.261 e. The van der Waals surface area contributed by atoms with Crippen molar-refractivity contribution in [2.75, 3.05) is 6.54 Å². The topological polar surface area (TPSA) is 62.0 Å². The summed E-state index contributed by atoms with van der Waals surface area (Å²) in [6.07, 6.45) is 3.52. The van der Waals surface area contributed by atoms with Crippen molar-refractivity contribution < 1.29 is 4.79 Å². The number of hydrogen-bond donors (Lipinski definition) is 2. The fourth-order valence-electron chi connectivity index (χ4n) is 2.23. The highest BCUT2D eigenvalue weighted by atomic mass is 16.2. The maximum absolute atomic E-state index is 12.2. The van der Waals surface area contributed by atoms with Crippen molar-refractivity contribution in [1.82, 2.24) is 10.3 Å². The van der Waals surface area contributed by atoms with Crippen LogP contribution in [0.3, 0.4) is 0 Å². The summed E-state index contributed by atoms with van der Waals surface area (Å²) in [5, 5.41) is 2.84. The molecule has 0 aliphatic carbocycles. The van der Waals surface area contributed by atoms with Crippen molar-refractivity contribution >= 4 is 5.91 Å². The summed E-state index contributed by atoms with van der Waals surface area (Å²) in [5.41, 5.74) is 2.11. The van der Waals surface area contributed by atoms with E-state index in [2.05, 4.69) is 38.0 Å². The molecule has 1 heterocycles. The highest BCUT2D eigenvalue weighted by molar-refractivity contribution is 5.94. The Labute approximate surface area is 127 Å². The van der Waals surface area contributed by atoms with Gasteiger partial charge in [0.15, 0.2) is 0 Å². The number of carbonyl (C=O) groups excluding carboxylic acids is 1. The molecule has 1 amide bonds. The first kappa shape index (κ1) is 17.5. The largest absolute Gasteiger partial charge is 0.352 e. The first-order chi connectivity index (χ1) is 9.78. The van der Waals surface area contributed by atoms with E-state index in [1.165, 1.54) is 0 Å². The van der Waals surface area contributed by atoms with Gasteiger partial charge in [-0.3, -0.25) is 9.59 Å². The van der Waals surface area contributed by atoms with Gasteiger partial charge in [0.05, 0.1) is 0 Å². The quantitative estimate of drug-likeness (QED) is 0.846. The third-order valence-electron chi connectivity index (χ3n) is 3.49. The second kappa shape index (κ2) is 7.43. The van der Waals surface area contributed by atoms with E-state index in [0.29, 0.717) is 6.54 Å². The minimum Gasteiger partial charge on any atom is -0.352 e. The van der Waals surface area contributed by atoms with Gasteiger partial charge in [-0.2, -0.15) is 0 Å². The van der Waals surface area contributed by atoms with Crippen LogP contribution in [-0.2, 0) is 12.8 Å². The molecule has 0 unspecified atom stereocenters. The molecule has 0 radical (unpaired) electrons. The van der Waals surface area contributed by atoms with Gasteiger partial charge in [-0.25, -0.2) is 0 Å². The number of carbonyl (C=O) groups is 1. The Morgan fingerprint density at radius 1 is 1.29 bits per heavy atom. The van der Waals surface area contributed by atoms with Crippen LogP contribution in [-0.4, -0.2) is 17.4 Å². The zero-order chi connectivity index (χ0) is 16.0. The highest BCUT2D eigenvalue weighted by Crippen LogP contribution is 2.17. The van der Waals surface area contributed by atoms with Gasteiger partial charge in [0, 0.05) is 12.2 Å². The molecule has 0 spiro atoms. The van der Waals surface area contributed by atoms with E-state index in [9.17, 15) is 9.59 Å². The van der Waals surface area contributed by atoms with Gasteiger partial charge in [-0.05, 0) is 36.3 Å². The Kier molecular flexibility index (Phi) is 6.19. The van der Waals surface area contributed by atoms with Crippen molar-refractivity contribution in [3.05, 3.63) is 33.2 Å². The Balaban J connectivity index is 2.89. The van der Waals surface area contributed by atoms with Gasteiger partial charge in [0.25, 0.3) is 11.5 Å². The van der Waals surface area contributed by atoms with Gasteiger partial charge in [-0.15, -0.1) is 0 Å². The van der Waals surface area contributed by atoms with Crippen LogP contribution in [0.2, 0.25) is 0 Å². The molecular weight excluding hydrogens is 264 g/mol. The van der Waals surface area contributed by atoms with E-state index in [0.717, 1.165) is 36.9 Å². The van der Waals surface area contributed by atoms with Crippen molar-refractivity contribution in [3.63, 3.8) is 0 Å². The predicted molar refractivity (Wildman–Crippen MR) is 86.8 cm³/mol. The lowest BCUT2D eigenvalue weighted by Gasteiger charge is -2.18. The fraction of sp³-hybridized carbons (Fsp3) is 0.647. The van der Waals surface area contributed by atoms with Gasteiger partial charge in [-0.1, -0.05) is 41.0 Å². The number of pyridine rings is 1. The molecular formula is C17H28N2O2. The number of aromatic amines is 1. The van der Waals surface area contributed by atoms with E-state index in [4.69, 9.17) is 0 Å². The molecule has 0 aromatic carbocycles. The van der Waals surface area contributed by atoms with E-state index in [1.54, 1.807) is 6.07 Å². The summed E-state index contributed by atoms with van der Waals surface area (Å²) in [6, 6.07) is 1.76. The first-order valence-electron chi connectivity index (χ1n) is 7.81. The molecule has 118 valence electrons. The molecule has 1 aromatic rings. The summed E-state index contributed by atoms with van der Waals surface area (Å²) in [6.45, 7) is 11.1. The Morgan fingerprint density at radius 3 is 2.48 bits per heavy atom. The number of hydrogen-bond acceptors (Lipinski definition) is 2. The van der Waals surface area contributed by atoms with Crippen molar-refractivity contribution in [2.24, 2.45) is 5.41 Å². The summed E-state index contributed by atoms with van der Waals surface area (Å²) < 4.78 is 0. The highest BCUT2D eigenvalue weighted by Gasteiger charge is 2.15. The van der Waals surface area contributed by atoms with Crippen LogP contribution in [0.15, 0.2) is 10.9 Å². The van der Waals surface area contributed by atoms with Crippen LogP contribution in [0.25, 0.3) is 0 Å². The maximum atomic E-state index is 12.2. The van der Waals surface area contributed by atoms with E-state index in [1.807, 2.05) is 6.92 Å². The van der Waals surface area contributed by atoms with E-state index < -0.39 is 0 Å². The minimum absolute atomic E-state index is 0.166. The molecule has 0 saturated carbocycles. The smallest absolute Gasteiger partial charge is 0.261 e. The van der Waals surface area contributed by atoms with Crippen LogP contribution < -0.4 is 10.9 Å². The lowest BCUT2D eigenvalue weighted by molar-refractivity contribution is 0.0948. The zero-order valence-corrected chi connectivity index (χ0v) is 13.9. The molecule has 21 heavy (non-hydrogen) atoms. The number of aromatic nitrogens is 1. The average molecular weight is 292 g/mol. The van der Waals surface area contributed by atoms with Crippen LogP contribution in [0.4, 0.5) is 0 Å². The molecule has 1 aromatic heterocycles. The second-order valence-electron chi connectivity index (χ2n) is 6.69. The third-order valence-corrected chi connectivity index (χ3v) is 3.49. The summed E-state index contributed by atoms with van der Waals surface area (Å²) >= 11 is 0. The standard InChI is InChI=1S/C17H28N2O2/c1-6-8-12-11-13(16(21)19-14(12)7-2)15(20)18-10-9-17(3,4)5/h11H,6-10H2,1-5H3,(H,18,20)(H,19,21). The van der Waals surface area contributed by atoms with Crippen molar-refractivity contribution in [2.45, 2.75) is 60.3 Å². The molecule has 2 N–H and O–H groups in total. The Hall–Kier alpha value is -1.58. The van der Waals surface area contributed by atoms with E-state index in [-0.39, 0.29) is 22.4 Å². The van der Waals surface area contributed by atoms with Gasteiger partial charge in [0.2, 0.25) is 0 Å². The summed E-state index contributed by atoms with van der Waals surface area (Å²) in [7, 11) is 0. The molecule has 4 nitrogen and oxygen atoms in total. The van der Waals surface area contributed by atoms with Crippen LogP contribution >= 0.6 is 0 Å². The molecule has 1 rings (SSSR count). The number of H-pyrrole nitrogens is 1. The molecule has 0 aliphatic heterocycles. The lowest BCUT2D eigenvalue weighted by atomic mass is 9.92.